The van der Waals surface area contributed by atoms with Crippen LogP contribution in [-0.4, -0.2) is 28.0 Å². The minimum atomic E-state index is -0.263. The van der Waals surface area contributed by atoms with Crippen molar-refractivity contribution in [1.82, 2.24) is 15.3 Å². The number of carbonyl (C=O) groups excluding carboxylic acids is 1. The first-order valence-corrected chi connectivity index (χ1v) is 9.37. The fourth-order valence-electron chi connectivity index (χ4n) is 2.86. The zero-order chi connectivity index (χ0) is 18.5. The number of nitriles is 1. The van der Waals surface area contributed by atoms with Gasteiger partial charge in [0, 0.05) is 24.5 Å². The first kappa shape index (κ1) is 18.6. The maximum atomic E-state index is 12.2. The second kappa shape index (κ2) is 8.47. The summed E-state index contributed by atoms with van der Waals surface area (Å²) in [6.45, 7) is 0. The van der Waals surface area contributed by atoms with E-state index in [4.69, 9.17) is 21.6 Å². The lowest BCUT2D eigenvalue weighted by Crippen LogP contribution is -2.40. The molecule has 1 aromatic carbocycles. The standard InChI is InChI=1S/C18H16BrClN4O2/c19-12-9-22-17(23-10-12)18(25)24-13-2-5-14(6-3-13)26-15-4-1-11(8-21)16(20)7-15/h1,4,7,9-10,13-14H,2-3,5-6H2,(H,24,25). The van der Waals surface area contributed by atoms with E-state index in [0.29, 0.717) is 16.3 Å². The van der Waals surface area contributed by atoms with E-state index in [1.54, 1.807) is 30.6 Å². The summed E-state index contributed by atoms with van der Waals surface area (Å²) < 4.78 is 6.68. The molecule has 134 valence electrons. The van der Waals surface area contributed by atoms with Crippen LogP contribution in [0.25, 0.3) is 0 Å². The number of hydrogen-bond acceptors (Lipinski definition) is 5. The fourth-order valence-corrected chi connectivity index (χ4v) is 3.27. The minimum absolute atomic E-state index is 0.0658. The number of hydrogen-bond donors (Lipinski definition) is 1. The van der Waals surface area contributed by atoms with Gasteiger partial charge >= 0.3 is 0 Å². The molecule has 0 aliphatic heterocycles. The van der Waals surface area contributed by atoms with Crippen molar-refractivity contribution >= 4 is 33.4 Å². The summed E-state index contributed by atoms with van der Waals surface area (Å²) >= 11 is 9.28. The predicted molar refractivity (Wildman–Crippen MR) is 100 cm³/mol. The van der Waals surface area contributed by atoms with Gasteiger partial charge in [-0.05, 0) is 53.7 Å². The monoisotopic (exact) mass is 434 g/mol. The topological polar surface area (TPSA) is 87.9 Å². The highest BCUT2D eigenvalue weighted by molar-refractivity contribution is 9.10. The van der Waals surface area contributed by atoms with E-state index < -0.39 is 0 Å². The molecule has 3 rings (SSSR count). The van der Waals surface area contributed by atoms with Gasteiger partial charge in [0.1, 0.15) is 11.8 Å². The number of aromatic nitrogens is 2. The molecule has 0 bridgehead atoms. The van der Waals surface area contributed by atoms with E-state index in [1.807, 2.05) is 6.07 Å². The maximum Gasteiger partial charge on any atom is 0.289 e. The van der Waals surface area contributed by atoms with Crippen molar-refractivity contribution in [3.05, 3.63) is 51.5 Å². The Morgan fingerprint density at radius 1 is 1.27 bits per heavy atom. The Bertz CT molecular complexity index is 830. The van der Waals surface area contributed by atoms with Gasteiger partial charge in [-0.3, -0.25) is 4.79 Å². The molecule has 1 aromatic heterocycles. The Balaban J connectivity index is 1.49. The smallest absolute Gasteiger partial charge is 0.289 e. The van der Waals surface area contributed by atoms with E-state index in [2.05, 4.69) is 31.2 Å². The zero-order valence-electron chi connectivity index (χ0n) is 13.8. The SMILES string of the molecule is N#Cc1ccc(OC2CCC(NC(=O)c3ncc(Br)cn3)CC2)cc1Cl. The summed E-state index contributed by atoms with van der Waals surface area (Å²) in [4.78, 5) is 20.2. The molecular formula is C18H16BrClN4O2. The average Bonchev–Trinajstić information content (AvgIpc) is 2.64. The Hall–Kier alpha value is -2.17. The predicted octanol–water partition coefficient (Wildman–Crippen LogP) is 3.88. The van der Waals surface area contributed by atoms with Crippen LogP contribution < -0.4 is 10.1 Å². The molecule has 1 aliphatic carbocycles. The van der Waals surface area contributed by atoms with Crippen molar-refractivity contribution in [2.45, 2.75) is 37.8 Å². The van der Waals surface area contributed by atoms with Gasteiger partial charge in [0.15, 0.2) is 0 Å². The van der Waals surface area contributed by atoms with Crippen molar-refractivity contribution < 1.29 is 9.53 Å². The van der Waals surface area contributed by atoms with Gasteiger partial charge in [0.25, 0.3) is 5.91 Å². The molecule has 26 heavy (non-hydrogen) atoms. The Labute approximate surface area is 164 Å². The van der Waals surface area contributed by atoms with Crippen LogP contribution in [0, 0.1) is 11.3 Å². The van der Waals surface area contributed by atoms with Crippen LogP contribution in [-0.2, 0) is 0 Å². The normalized spacial score (nSPS) is 19.4. The molecule has 0 atom stereocenters. The molecular weight excluding hydrogens is 420 g/mol. The molecule has 6 nitrogen and oxygen atoms in total. The third-order valence-electron chi connectivity index (χ3n) is 4.20. The van der Waals surface area contributed by atoms with Crippen molar-refractivity contribution in [3.63, 3.8) is 0 Å². The Kier molecular flexibility index (Phi) is 6.07. The fraction of sp³-hybridized carbons (Fsp3) is 0.333. The molecule has 1 heterocycles. The van der Waals surface area contributed by atoms with Crippen LogP contribution in [0.4, 0.5) is 0 Å². The first-order chi connectivity index (χ1) is 12.5. The summed E-state index contributed by atoms with van der Waals surface area (Å²) in [6, 6.07) is 7.18. The summed E-state index contributed by atoms with van der Waals surface area (Å²) in [5, 5.41) is 12.3. The van der Waals surface area contributed by atoms with Gasteiger partial charge in [-0.15, -0.1) is 0 Å². The van der Waals surface area contributed by atoms with Gasteiger partial charge in [-0.2, -0.15) is 5.26 Å². The zero-order valence-corrected chi connectivity index (χ0v) is 16.1. The molecule has 0 saturated heterocycles. The number of nitrogens with zero attached hydrogens (tertiary/aromatic N) is 3. The van der Waals surface area contributed by atoms with Gasteiger partial charge in [0.05, 0.1) is 21.2 Å². The number of carbonyl (C=O) groups is 1. The molecule has 0 spiro atoms. The largest absolute Gasteiger partial charge is 0.490 e. The Morgan fingerprint density at radius 3 is 2.58 bits per heavy atom. The van der Waals surface area contributed by atoms with Gasteiger partial charge in [-0.1, -0.05) is 11.6 Å². The molecule has 1 N–H and O–H groups in total. The molecule has 0 radical (unpaired) electrons. The first-order valence-electron chi connectivity index (χ1n) is 8.20. The highest BCUT2D eigenvalue weighted by Crippen LogP contribution is 2.27. The molecule has 2 aromatic rings. The van der Waals surface area contributed by atoms with Crippen LogP contribution in [0.2, 0.25) is 5.02 Å². The number of ether oxygens (including phenoxy) is 1. The van der Waals surface area contributed by atoms with Crippen LogP contribution in [0.15, 0.2) is 35.1 Å². The second-order valence-corrected chi connectivity index (χ2v) is 7.37. The van der Waals surface area contributed by atoms with Crippen LogP contribution in [0.5, 0.6) is 5.75 Å². The van der Waals surface area contributed by atoms with Crippen molar-refractivity contribution in [2.75, 3.05) is 0 Å². The van der Waals surface area contributed by atoms with Gasteiger partial charge < -0.3 is 10.1 Å². The number of amides is 1. The maximum absolute atomic E-state index is 12.2. The van der Waals surface area contributed by atoms with E-state index in [9.17, 15) is 4.79 Å². The molecule has 8 heteroatoms. The quantitative estimate of drug-likeness (QED) is 0.787. The van der Waals surface area contributed by atoms with Crippen molar-refractivity contribution in [2.24, 2.45) is 0 Å². The van der Waals surface area contributed by atoms with Crippen molar-refractivity contribution in [1.29, 1.82) is 5.26 Å². The number of nitrogens with one attached hydrogen (secondary N) is 1. The second-order valence-electron chi connectivity index (χ2n) is 6.04. The Morgan fingerprint density at radius 2 is 1.96 bits per heavy atom. The lowest BCUT2D eigenvalue weighted by molar-refractivity contribution is 0.0883. The van der Waals surface area contributed by atoms with Gasteiger partial charge in [-0.25, -0.2) is 9.97 Å². The summed E-state index contributed by atoms with van der Waals surface area (Å²) in [6.07, 6.45) is 6.45. The number of benzene rings is 1. The lowest BCUT2D eigenvalue weighted by atomic mass is 9.93. The summed E-state index contributed by atoms with van der Waals surface area (Å²) in [5.41, 5.74) is 0.431. The average molecular weight is 436 g/mol. The van der Waals surface area contributed by atoms with Crippen LogP contribution in [0.1, 0.15) is 41.9 Å². The summed E-state index contributed by atoms with van der Waals surface area (Å²) in [5.74, 6) is 0.560. The third kappa shape index (κ3) is 4.71. The number of rotatable bonds is 4. The number of halogens is 2. The summed E-state index contributed by atoms with van der Waals surface area (Å²) in [7, 11) is 0. The van der Waals surface area contributed by atoms with Gasteiger partial charge in [0.2, 0.25) is 5.82 Å². The van der Waals surface area contributed by atoms with E-state index in [1.165, 1.54) is 0 Å². The van der Waals surface area contributed by atoms with E-state index in [0.717, 1.165) is 30.2 Å². The van der Waals surface area contributed by atoms with E-state index >= 15 is 0 Å². The lowest BCUT2D eigenvalue weighted by Gasteiger charge is -2.29. The van der Waals surface area contributed by atoms with E-state index in [-0.39, 0.29) is 23.9 Å². The van der Waals surface area contributed by atoms with Crippen molar-refractivity contribution in [3.8, 4) is 11.8 Å². The molecule has 1 fully saturated rings. The van der Waals surface area contributed by atoms with Crippen LogP contribution in [0.3, 0.4) is 0 Å². The molecule has 1 amide bonds. The van der Waals surface area contributed by atoms with Crippen LogP contribution >= 0.6 is 27.5 Å². The third-order valence-corrected chi connectivity index (χ3v) is 4.92. The molecule has 0 unspecified atom stereocenters. The highest BCUT2D eigenvalue weighted by Gasteiger charge is 2.24. The minimum Gasteiger partial charge on any atom is -0.490 e. The molecule has 1 aliphatic rings. The molecule has 1 saturated carbocycles. The highest BCUT2D eigenvalue weighted by atomic mass is 79.9.